The Bertz CT molecular complexity index is 625. The lowest BCUT2D eigenvalue weighted by molar-refractivity contribution is -0.136. The van der Waals surface area contributed by atoms with Gasteiger partial charge in [-0.3, -0.25) is 9.79 Å². The van der Waals surface area contributed by atoms with Crippen LogP contribution in [0.4, 0.5) is 0 Å². The summed E-state index contributed by atoms with van der Waals surface area (Å²) in [4.78, 5) is 24.6. The fourth-order valence-corrected chi connectivity index (χ4v) is 5.19. The number of aliphatic imine (C=N–C) groups is 1. The minimum absolute atomic E-state index is 0. The number of hydrogen-bond acceptors (Lipinski definition) is 5. The van der Waals surface area contributed by atoms with E-state index in [0.717, 1.165) is 61.2 Å². The highest BCUT2D eigenvalue weighted by Crippen LogP contribution is 2.27. The Balaban J connectivity index is 0.00000261. The monoisotopic (exact) mass is 523 g/mol. The van der Waals surface area contributed by atoms with Crippen LogP contribution in [0.15, 0.2) is 11.2 Å². The number of amides is 1. The van der Waals surface area contributed by atoms with Crippen LogP contribution < -0.4 is 10.6 Å². The average Bonchev–Trinajstić information content (AvgIpc) is 3.11. The molecule has 1 aliphatic heterocycles. The quantitative estimate of drug-likeness (QED) is 0.361. The molecular formula is C18H30IN5OS2. The summed E-state index contributed by atoms with van der Waals surface area (Å²) in [5.74, 6) is 3.59. The highest BCUT2D eigenvalue weighted by Gasteiger charge is 2.30. The van der Waals surface area contributed by atoms with Crippen molar-refractivity contribution in [1.82, 2.24) is 20.5 Å². The van der Waals surface area contributed by atoms with Crippen LogP contribution in [-0.4, -0.2) is 59.4 Å². The summed E-state index contributed by atoms with van der Waals surface area (Å²) in [5.41, 5.74) is 0. The van der Waals surface area contributed by atoms with Crippen LogP contribution in [0.2, 0.25) is 0 Å². The molecule has 1 saturated heterocycles. The van der Waals surface area contributed by atoms with E-state index >= 15 is 0 Å². The Kier molecular flexibility index (Phi) is 9.64. The third-order valence-corrected chi connectivity index (χ3v) is 6.90. The lowest BCUT2D eigenvalue weighted by Gasteiger charge is -2.34. The lowest BCUT2D eigenvalue weighted by Crippen LogP contribution is -2.47. The van der Waals surface area contributed by atoms with Crippen LogP contribution in [0.1, 0.15) is 35.6 Å². The van der Waals surface area contributed by atoms with E-state index in [4.69, 9.17) is 0 Å². The molecule has 0 radical (unpaired) electrons. The number of halogens is 1. The molecule has 2 aliphatic rings. The Morgan fingerprint density at radius 3 is 2.59 bits per heavy atom. The van der Waals surface area contributed by atoms with Gasteiger partial charge in [-0.05, 0) is 32.6 Å². The largest absolute Gasteiger partial charge is 0.354 e. The molecule has 1 aromatic rings. The van der Waals surface area contributed by atoms with Gasteiger partial charge in [-0.2, -0.15) is 11.8 Å². The number of hydrogen-bond donors (Lipinski definition) is 2. The number of aromatic nitrogens is 1. The molecule has 3 rings (SSSR count). The van der Waals surface area contributed by atoms with Crippen molar-refractivity contribution in [3.8, 4) is 0 Å². The van der Waals surface area contributed by atoms with E-state index < -0.39 is 0 Å². The fraction of sp³-hybridized carbons (Fsp3) is 0.722. The number of thiazole rings is 1. The number of thioether (sulfide) groups is 1. The van der Waals surface area contributed by atoms with E-state index in [9.17, 15) is 4.79 Å². The maximum Gasteiger partial charge on any atom is 0.225 e. The van der Waals surface area contributed by atoms with Crippen LogP contribution in [0.5, 0.6) is 0 Å². The van der Waals surface area contributed by atoms with Crippen molar-refractivity contribution in [2.24, 2.45) is 10.9 Å². The molecular weight excluding hydrogens is 493 g/mol. The summed E-state index contributed by atoms with van der Waals surface area (Å²) in [6.45, 7) is 4.61. The summed E-state index contributed by atoms with van der Waals surface area (Å²) in [7, 11) is 1.80. The minimum atomic E-state index is 0. The highest BCUT2D eigenvalue weighted by molar-refractivity contribution is 14.0. The number of carbonyl (C=O) groups is 1. The second-order valence-corrected chi connectivity index (χ2v) is 9.47. The van der Waals surface area contributed by atoms with Gasteiger partial charge in [0.05, 0.1) is 6.54 Å². The maximum atomic E-state index is 12.7. The van der Waals surface area contributed by atoms with Crippen molar-refractivity contribution >= 4 is 58.9 Å². The third-order valence-electron chi connectivity index (χ3n) is 5.04. The Morgan fingerprint density at radius 2 is 2.00 bits per heavy atom. The standard InChI is InChI=1S/C18H29N5OS2.HI/c1-13-11-20-16(26-13)12-21-18(19-2)22-15-5-3-14(4-6-15)17(24)23-7-9-25-10-8-23;/h11,14-15H,3-10,12H2,1-2H3,(H2,19,21,22);1H. The van der Waals surface area contributed by atoms with Gasteiger partial charge in [0.15, 0.2) is 5.96 Å². The average molecular weight is 524 g/mol. The molecule has 9 heteroatoms. The first-order chi connectivity index (χ1) is 12.7. The van der Waals surface area contributed by atoms with E-state index in [1.807, 2.05) is 18.0 Å². The zero-order chi connectivity index (χ0) is 18.4. The Labute approximate surface area is 187 Å². The van der Waals surface area contributed by atoms with Crippen molar-refractivity contribution in [2.75, 3.05) is 31.6 Å². The molecule has 2 fully saturated rings. The minimum Gasteiger partial charge on any atom is -0.354 e. The van der Waals surface area contributed by atoms with Crippen LogP contribution in [0.3, 0.4) is 0 Å². The smallest absolute Gasteiger partial charge is 0.225 e. The normalized spacial score (nSPS) is 23.5. The summed E-state index contributed by atoms with van der Waals surface area (Å²) < 4.78 is 0. The molecule has 0 unspecified atom stereocenters. The first kappa shape index (κ1) is 22.7. The molecule has 2 heterocycles. The van der Waals surface area contributed by atoms with Crippen LogP contribution in [-0.2, 0) is 11.3 Å². The SMILES string of the molecule is CN=C(NCc1ncc(C)s1)NC1CCC(C(=O)N2CCSCC2)CC1.I. The molecule has 6 nitrogen and oxygen atoms in total. The van der Waals surface area contributed by atoms with Crippen LogP contribution >= 0.6 is 47.1 Å². The van der Waals surface area contributed by atoms with Gasteiger partial charge in [0, 0.05) is 54.7 Å². The van der Waals surface area contributed by atoms with E-state index in [1.54, 1.807) is 18.4 Å². The number of nitrogens with one attached hydrogen (secondary N) is 2. The van der Waals surface area contributed by atoms with Gasteiger partial charge in [0.2, 0.25) is 5.91 Å². The van der Waals surface area contributed by atoms with Gasteiger partial charge in [0.1, 0.15) is 5.01 Å². The van der Waals surface area contributed by atoms with Gasteiger partial charge in [-0.15, -0.1) is 35.3 Å². The summed E-state index contributed by atoms with van der Waals surface area (Å²) in [5, 5.41) is 7.92. The maximum absolute atomic E-state index is 12.7. The Morgan fingerprint density at radius 1 is 1.30 bits per heavy atom. The van der Waals surface area contributed by atoms with Gasteiger partial charge in [0.25, 0.3) is 0 Å². The van der Waals surface area contributed by atoms with Gasteiger partial charge >= 0.3 is 0 Å². The zero-order valence-corrected chi connectivity index (χ0v) is 20.0. The second kappa shape index (κ2) is 11.5. The van der Waals surface area contributed by atoms with E-state index in [-0.39, 0.29) is 29.9 Å². The predicted octanol–water partition coefficient (Wildman–Crippen LogP) is 2.87. The van der Waals surface area contributed by atoms with Gasteiger partial charge in [-0.1, -0.05) is 0 Å². The van der Waals surface area contributed by atoms with Crippen LogP contribution in [0.25, 0.3) is 0 Å². The molecule has 1 amide bonds. The van der Waals surface area contributed by atoms with E-state index in [0.29, 0.717) is 18.5 Å². The van der Waals surface area contributed by atoms with Crippen molar-refractivity contribution in [3.05, 3.63) is 16.1 Å². The molecule has 1 aromatic heterocycles. The molecule has 152 valence electrons. The molecule has 2 N–H and O–H groups in total. The Hall–Kier alpha value is -0.550. The van der Waals surface area contributed by atoms with Crippen LogP contribution in [0, 0.1) is 12.8 Å². The number of guanidine groups is 1. The van der Waals surface area contributed by atoms with E-state index in [1.165, 1.54) is 4.88 Å². The number of aryl methyl sites for hydroxylation is 1. The number of carbonyl (C=O) groups excluding carboxylic acids is 1. The molecule has 0 bridgehead atoms. The molecule has 0 atom stereocenters. The number of rotatable bonds is 4. The highest BCUT2D eigenvalue weighted by atomic mass is 127. The molecule has 0 spiro atoms. The van der Waals surface area contributed by atoms with Crippen molar-refractivity contribution < 1.29 is 4.79 Å². The van der Waals surface area contributed by atoms with Crippen molar-refractivity contribution in [1.29, 1.82) is 0 Å². The van der Waals surface area contributed by atoms with Crippen molar-refractivity contribution in [3.63, 3.8) is 0 Å². The summed E-state index contributed by atoms with van der Waals surface area (Å²) in [6, 6.07) is 0.389. The second-order valence-electron chi connectivity index (χ2n) is 6.92. The van der Waals surface area contributed by atoms with E-state index in [2.05, 4.69) is 32.4 Å². The molecule has 27 heavy (non-hydrogen) atoms. The zero-order valence-electron chi connectivity index (χ0n) is 16.1. The predicted molar refractivity (Wildman–Crippen MR) is 125 cm³/mol. The topological polar surface area (TPSA) is 69.6 Å². The molecule has 0 aromatic carbocycles. The first-order valence-corrected chi connectivity index (χ1v) is 11.4. The molecule has 1 saturated carbocycles. The number of nitrogens with zero attached hydrogens (tertiary/aromatic N) is 3. The first-order valence-electron chi connectivity index (χ1n) is 9.40. The third kappa shape index (κ3) is 6.77. The summed E-state index contributed by atoms with van der Waals surface area (Å²) >= 11 is 3.65. The fourth-order valence-electron chi connectivity index (χ4n) is 3.56. The lowest BCUT2D eigenvalue weighted by atomic mass is 9.85. The summed E-state index contributed by atoms with van der Waals surface area (Å²) in [6.07, 6.45) is 5.90. The van der Waals surface area contributed by atoms with Crippen molar-refractivity contribution in [2.45, 2.75) is 45.2 Å². The van der Waals surface area contributed by atoms with Gasteiger partial charge in [-0.25, -0.2) is 4.98 Å². The molecule has 1 aliphatic carbocycles. The van der Waals surface area contributed by atoms with Gasteiger partial charge < -0.3 is 15.5 Å².